The molecule has 0 spiro atoms. The van der Waals surface area contributed by atoms with E-state index >= 15 is 0 Å². The van der Waals surface area contributed by atoms with Crippen molar-refractivity contribution in [2.24, 2.45) is 5.92 Å². The van der Waals surface area contributed by atoms with Crippen LogP contribution < -0.4 is 4.90 Å². The van der Waals surface area contributed by atoms with Gasteiger partial charge in [-0.2, -0.15) is 0 Å². The fourth-order valence-electron chi connectivity index (χ4n) is 4.74. The summed E-state index contributed by atoms with van der Waals surface area (Å²) in [6.45, 7) is 2.11. The van der Waals surface area contributed by atoms with Gasteiger partial charge in [-0.1, -0.05) is 23.7 Å². The highest BCUT2D eigenvalue weighted by molar-refractivity contribution is 6.32. The van der Waals surface area contributed by atoms with Crippen LogP contribution in [0.4, 0.5) is 5.69 Å². The molecule has 6 heteroatoms. The molecular formula is C26H28ClN3O2. The minimum absolute atomic E-state index is 0.0675. The number of phenolic OH excluding ortho intramolecular Hbond substituents is 1. The molecule has 2 aliphatic rings. The summed E-state index contributed by atoms with van der Waals surface area (Å²) in [4.78, 5) is 22.6. The molecule has 0 radical (unpaired) electrons. The number of fused-ring (bicyclic) bond motifs is 1. The number of ketones is 1. The fraction of sp³-hybridized carbons (Fsp3) is 0.385. The van der Waals surface area contributed by atoms with Gasteiger partial charge in [0.1, 0.15) is 5.75 Å². The van der Waals surface area contributed by atoms with Gasteiger partial charge in [-0.3, -0.25) is 9.78 Å². The number of carbonyl (C=O) groups excluding carboxylic acids is 1. The van der Waals surface area contributed by atoms with Crippen LogP contribution in [0.25, 0.3) is 22.0 Å². The number of aromatic hydroxyl groups is 1. The third-order valence-corrected chi connectivity index (χ3v) is 7.23. The zero-order valence-electron chi connectivity index (χ0n) is 18.5. The molecule has 0 atom stereocenters. The Morgan fingerprint density at radius 1 is 1.09 bits per heavy atom. The van der Waals surface area contributed by atoms with E-state index in [-0.39, 0.29) is 17.5 Å². The number of piperidine rings is 1. The van der Waals surface area contributed by atoms with E-state index in [1.165, 1.54) is 0 Å². The highest BCUT2D eigenvalue weighted by atomic mass is 35.5. The summed E-state index contributed by atoms with van der Waals surface area (Å²) in [5, 5.41) is 11.1. The topological polar surface area (TPSA) is 56.7 Å². The molecule has 32 heavy (non-hydrogen) atoms. The van der Waals surface area contributed by atoms with Crippen molar-refractivity contribution in [3.05, 3.63) is 53.2 Å². The number of nitrogens with zero attached hydrogens (tertiary/aromatic N) is 3. The van der Waals surface area contributed by atoms with Crippen LogP contribution in [0.15, 0.2) is 42.6 Å². The van der Waals surface area contributed by atoms with Gasteiger partial charge in [0.2, 0.25) is 0 Å². The predicted molar refractivity (Wildman–Crippen MR) is 130 cm³/mol. The molecule has 1 aliphatic heterocycles. The largest absolute Gasteiger partial charge is 0.506 e. The van der Waals surface area contributed by atoms with Crippen molar-refractivity contribution in [2.75, 3.05) is 32.1 Å². The molecule has 2 fully saturated rings. The lowest BCUT2D eigenvalue weighted by molar-refractivity contribution is 0.0967. The quantitative estimate of drug-likeness (QED) is 0.529. The van der Waals surface area contributed by atoms with E-state index in [2.05, 4.69) is 34.9 Å². The summed E-state index contributed by atoms with van der Waals surface area (Å²) in [7, 11) is 4.29. The van der Waals surface area contributed by atoms with Crippen molar-refractivity contribution in [1.82, 2.24) is 9.88 Å². The highest BCUT2D eigenvalue weighted by Crippen LogP contribution is 2.40. The summed E-state index contributed by atoms with van der Waals surface area (Å²) < 4.78 is 0. The molecule has 2 heterocycles. The van der Waals surface area contributed by atoms with Gasteiger partial charge < -0.3 is 14.9 Å². The number of likely N-dealkylation sites (tertiary alicyclic amines) is 1. The van der Waals surface area contributed by atoms with Gasteiger partial charge in [0, 0.05) is 30.6 Å². The molecule has 2 aromatic carbocycles. The van der Waals surface area contributed by atoms with Crippen LogP contribution in [0.1, 0.15) is 36.0 Å². The lowest BCUT2D eigenvalue weighted by Crippen LogP contribution is -2.42. The van der Waals surface area contributed by atoms with Crippen LogP contribution in [-0.2, 0) is 0 Å². The first-order chi connectivity index (χ1) is 15.4. The van der Waals surface area contributed by atoms with E-state index in [0.717, 1.165) is 72.1 Å². The van der Waals surface area contributed by atoms with Crippen molar-refractivity contribution in [2.45, 2.75) is 31.7 Å². The van der Waals surface area contributed by atoms with Crippen LogP contribution in [0.3, 0.4) is 0 Å². The molecule has 1 saturated heterocycles. The second kappa shape index (κ2) is 8.38. The number of phenols is 1. The molecular weight excluding hydrogens is 422 g/mol. The summed E-state index contributed by atoms with van der Waals surface area (Å²) in [6.07, 6.45) is 5.86. The SMILES string of the molecule is CN1CCC(N(C)c2c(C(=O)C3CC3)cnc3ccc(-c4ccc(O)c(Cl)c4)cc23)CC1. The number of pyridine rings is 1. The second-order valence-corrected chi connectivity index (χ2v) is 9.61. The number of rotatable bonds is 5. The molecule has 1 saturated carbocycles. The molecule has 1 aromatic heterocycles. The Kier molecular flexibility index (Phi) is 5.56. The molecule has 166 valence electrons. The molecule has 1 N–H and O–H groups in total. The van der Waals surface area contributed by atoms with Crippen molar-refractivity contribution < 1.29 is 9.90 Å². The van der Waals surface area contributed by atoms with Gasteiger partial charge >= 0.3 is 0 Å². The van der Waals surface area contributed by atoms with Crippen LogP contribution >= 0.6 is 11.6 Å². The first kappa shape index (κ1) is 21.2. The lowest BCUT2D eigenvalue weighted by Gasteiger charge is -2.37. The first-order valence-corrected chi connectivity index (χ1v) is 11.7. The minimum atomic E-state index is 0.0675. The average Bonchev–Trinajstić information content (AvgIpc) is 3.65. The number of hydrogen-bond donors (Lipinski definition) is 1. The maximum absolute atomic E-state index is 13.2. The van der Waals surface area contributed by atoms with Crippen LogP contribution in [0, 0.1) is 5.92 Å². The first-order valence-electron chi connectivity index (χ1n) is 11.3. The Labute approximate surface area is 193 Å². The van der Waals surface area contributed by atoms with E-state index in [1.54, 1.807) is 18.3 Å². The third-order valence-electron chi connectivity index (χ3n) is 6.92. The molecule has 5 rings (SSSR count). The zero-order valence-corrected chi connectivity index (χ0v) is 19.3. The van der Waals surface area contributed by atoms with E-state index in [9.17, 15) is 9.90 Å². The number of halogens is 1. The molecule has 0 unspecified atom stereocenters. The van der Waals surface area contributed by atoms with Gasteiger partial charge in [0.05, 0.1) is 21.8 Å². The Morgan fingerprint density at radius 3 is 2.47 bits per heavy atom. The Hall–Kier alpha value is -2.63. The molecule has 0 amide bonds. The van der Waals surface area contributed by atoms with Gasteiger partial charge in [0.15, 0.2) is 5.78 Å². The fourth-order valence-corrected chi connectivity index (χ4v) is 4.92. The molecule has 0 bridgehead atoms. The third kappa shape index (κ3) is 3.96. The van der Waals surface area contributed by atoms with Crippen LogP contribution in [0.2, 0.25) is 5.02 Å². The number of hydrogen-bond acceptors (Lipinski definition) is 5. The number of benzene rings is 2. The maximum Gasteiger partial charge on any atom is 0.169 e. The number of anilines is 1. The number of aromatic nitrogens is 1. The molecule has 3 aromatic rings. The van der Waals surface area contributed by atoms with E-state index in [1.807, 2.05) is 18.2 Å². The standard InChI is InChI=1S/C26H28ClN3O2/c1-29-11-9-19(10-12-29)30(2)25-20-13-17(18-6-8-24(31)22(27)14-18)5-7-23(20)28-15-21(25)26(32)16-3-4-16/h5-8,13-16,19,31H,3-4,9-12H2,1-2H3. The predicted octanol–water partition coefficient (Wildman–Crippen LogP) is 5.38. The monoisotopic (exact) mass is 449 g/mol. The Balaban J connectivity index is 1.65. The van der Waals surface area contributed by atoms with Gasteiger partial charge in [-0.05, 0) is 81.2 Å². The Bertz CT molecular complexity index is 1180. The van der Waals surface area contributed by atoms with Gasteiger partial charge in [-0.15, -0.1) is 0 Å². The van der Waals surface area contributed by atoms with E-state index in [4.69, 9.17) is 11.6 Å². The zero-order chi connectivity index (χ0) is 22.4. The van der Waals surface area contributed by atoms with E-state index in [0.29, 0.717) is 11.1 Å². The maximum atomic E-state index is 13.2. The highest BCUT2D eigenvalue weighted by Gasteiger charge is 2.34. The molecule has 5 nitrogen and oxygen atoms in total. The van der Waals surface area contributed by atoms with Gasteiger partial charge in [-0.25, -0.2) is 0 Å². The van der Waals surface area contributed by atoms with Crippen molar-refractivity contribution in [3.8, 4) is 16.9 Å². The Morgan fingerprint density at radius 2 is 1.78 bits per heavy atom. The number of Topliss-reactive ketones (excluding diaryl/α,β-unsaturated/α-hetero) is 1. The number of carbonyl (C=O) groups is 1. The smallest absolute Gasteiger partial charge is 0.169 e. The van der Waals surface area contributed by atoms with E-state index < -0.39 is 0 Å². The summed E-state index contributed by atoms with van der Waals surface area (Å²) in [5.41, 5.74) is 4.51. The summed E-state index contributed by atoms with van der Waals surface area (Å²) in [5.74, 6) is 0.420. The summed E-state index contributed by atoms with van der Waals surface area (Å²) in [6, 6.07) is 11.7. The van der Waals surface area contributed by atoms with Crippen LogP contribution in [0.5, 0.6) is 5.75 Å². The molecule has 1 aliphatic carbocycles. The van der Waals surface area contributed by atoms with Crippen molar-refractivity contribution >= 4 is 34.0 Å². The van der Waals surface area contributed by atoms with Crippen molar-refractivity contribution in [3.63, 3.8) is 0 Å². The lowest BCUT2D eigenvalue weighted by atomic mass is 9.96. The van der Waals surface area contributed by atoms with Crippen LogP contribution in [-0.4, -0.2) is 54.0 Å². The van der Waals surface area contributed by atoms with Gasteiger partial charge in [0.25, 0.3) is 0 Å². The average molecular weight is 450 g/mol. The van der Waals surface area contributed by atoms with Crippen molar-refractivity contribution in [1.29, 1.82) is 0 Å². The normalized spacial score (nSPS) is 17.6. The minimum Gasteiger partial charge on any atom is -0.506 e. The second-order valence-electron chi connectivity index (χ2n) is 9.20. The summed E-state index contributed by atoms with van der Waals surface area (Å²) >= 11 is 6.17.